The van der Waals surface area contributed by atoms with E-state index < -0.39 is 11.8 Å². The Morgan fingerprint density at radius 1 is 1.33 bits per heavy atom. The number of aromatic nitrogens is 1. The summed E-state index contributed by atoms with van der Waals surface area (Å²) < 4.78 is 13.4. The van der Waals surface area contributed by atoms with Crippen LogP contribution in [0.25, 0.3) is 10.9 Å². The predicted octanol–water partition coefficient (Wildman–Crippen LogP) is 2.28. The van der Waals surface area contributed by atoms with Crippen molar-refractivity contribution in [3.63, 3.8) is 0 Å². The lowest BCUT2D eigenvalue weighted by Gasteiger charge is -2.09. The number of nitrogens with one attached hydrogen (secondary N) is 1. The SMILES string of the molecule is Cc1cc(C(=O)NCCCC(=O)O)c2cc(F)ccc2n1. The molecule has 0 bridgehead atoms. The van der Waals surface area contributed by atoms with Crippen molar-refractivity contribution >= 4 is 22.8 Å². The van der Waals surface area contributed by atoms with Gasteiger partial charge in [-0.3, -0.25) is 14.6 Å². The van der Waals surface area contributed by atoms with E-state index in [9.17, 15) is 14.0 Å². The van der Waals surface area contributed by atoms with Crippen molar-refractivity contribution in [2.24, 2.45) is 0 Å². The van der Waals surface area contributed by atoms with Crippen LogP contribution in [-0.2, 0) is 4.79 Å². The number of rotatable bonds is 5. The summed E-state index contributed by atoms with van der Waals surface area (Å²) in [6, 6.07) is 5.68. The molecule has 0 unspecified atom stereocenters. The molecule has 6 heteroatoms. The standard InChI is InChI=1S/C15H15FN2O3/c1-9-7-12(15(21)17-6-2-3-14(19)20)11-8-10(16)4-5-13(11)18-9/h4-5,7-8H,2-3,6H2,1H3,(H,17,21)(H,19,20). The molecule has 110 valence electrons. The molecule has 2 rings (SSSR count). The minimum atomic E-state index is -0.906. The van der Waals surface area contributed by atoms with Crippen LogP contribution in [0.4, 0.5) is 4.39 Å². The van der Waals surface area contributed by atoms with E-state index >= 15 is 0 Å². The maximum atomic E-state index is 13.4. The average molecular weight is 290 g/mol. The van der Waals surface area contributed by atoms with E-state index in [2.05, 4.69) is 10.3 Å². The highest BCUT2D eigenvalue weighted by molar-refractivity contribution is 6.06. The number of carboxylic acid groups (broad SMARTS) is 1. The first-order valence-corrected chi connectivity index (χ1v) is 6.54. The summed E-state index contributed by atoms with van der Waals surface area (Å²) in [5.41, 5.74) is 1.55. The first kappa shape index (κ1) is 14.9. The third-order valence-corrected chi connectivity index (χ3v) is 3.00. The Bertz CT molecular complexity index is 701. The lowest BCUT2D eigenvalue weighted by molar-refractivity contribution is -0.137. The molecule has 0 atom stereocenters. The molecule has 1 aromatic heterocycles. The van der Waals surface area contributed by atoms with Gasteiger partial charge in [-0.2, -0.15) is 0 Å². The van der Waals surface area contributed by atoms with Crippen molar-refractivity contribution < 1.29 is 19.1 Å². The van der Waals surface area contributed by atoms with E-state index in [0.717, 1.165) is 0 Å². The quantitative estimate of drug-likeness (QED) is 0.828. The maximum absolute atomic E-state index is 13.4. The number of carboxylic acids is 1. The third kappa shape index (κ3) is 3.75. The number of carbonyl (C=O) groups excluding carboxylic acids is 1. The predicted molar refractivity (Wildman–Crippen MR) is 75.6 cm³/mol. The van der Waals surface area contributed by atoms with E-state index in [-0.39, 0.29) is 18.9 Å². The molecular weight excluding hydrogens is 275 g/mol. The molecule has 21 heavy (non-hydrogen) atoms. The summed E-state index contributed by atoms with van der Waals surface area (Å²) in [4.78, 5) is 26.8. The minimum Gasteiger partial charge on any atom is -0.481 e. The van der Waals surface area contributed by atoms with Gasteiger partial charge in [-0.1, -0.05) is 0 Å². The summed E-state index contributed by atoms with van der Waals surface area (Å²) in [5.74, 6) is -1.70. The Morgan fingerprint density at radius 3 is 2.81 bits per heavy atom. The van der Waals surface area contributed by atoms with Gasteiger partial charge in [0.05, 0.1) is 11.1 Å². The first-order chi connectivity index (χ1) is 9.97. The second-order valence-electron chi connectivity index (χ2n) is 4.73. The number of aryl methyl sites for hydroxylation is 1. The zero-order chi connectivity index (χ0) is 15.4. The Balaban J connectivity index is 2.22. The molecule has 0 aliphatic heterocycles. The number of hydrogen-bond acceptors (Lipinski definition) is 3. The molecule has 0 saturated carbocycles. The minimum absolute atomic E-state index is 0.00890. The zero-order valence-electron chi connectivity index (χ0n) is 11.5. The molecule has 1 heterocycles. The van der Waals surface area contributed by atoms with Gasteiger partial charge in [0.1, 0.15) is 5.82 Å². The number of hydrogen-bond donors (Lipinski definition) is 2. The summed E-state index contributed by atoms with van der Waals surface area (Å²) >= 11 is 0. The summed E-state index contributed by atoms with van der Waals surface area (Å²) in [6.07, 6.45) is 0.336. The van der Waals surface area contributed by atoms with Gasteiger partial charge in [0.25, 0.3) is 5.91 Å². The van der Waals surface area contributed by atoms with Crippen LogP contribution in [-0.4, -0.2) is 28.5 Å². The molecule has 0 fully saturated rings. The number of halogens is 1. The Labute approximate surface area is 120 Å². The highest BCUT2D eigenvalue weighted by Gasteiger charge is 2.12. The van der Waals surface area contributed by atoms with E-state index in [1.165, 1.54) is 18.2 Å². The first-order valence-electron chi connectivity index (χ1n) is 6.54. The number of nitrogens with zero attached hydrogens (tertiary/aromatic N) is 1. The maximum Gasteiger partial charge on any atom is 0.303 e. The van der Waals surface area contributed by atoms with E-state index in [1.54, 1.807) is 13.0 Å². The van der Waals surface area contributed by atoms with Crippen LogP contribution in [0.15, 0.2) is 24.3 Å². The van der Waals surface area contributed by atoms with Crippen molar-refractivity contribution in [3.05, 3.63) is 41.3 Å². The van der Waals surface area contributed by atoms with Crippen molar-refractivity contribution in [1.29, 1.82) is 0 Å². The van der Waals surface area contributed by atoms with Gasteiger partial charge in [0, 0.05) is 24.0 Å². The average Bonchev–Trinajstić information content (AvgIpc) is 2.42. The van der Waals surface area contributed by atoms with Crippen LogP contribution in [0, 0.1) is 12.7 Å². The largest absolute Gasteiger partial charge is 0.481 e. The highest BCUT2D eigenvalue weighted by Crippen LogP contribution is 2.19. The number of pyridine rings is 1. The van der Waals surface area contributed by atoms with Crippen LogP contribution in [0.2, 0.25) is 0 Å². The number of carbonyl (C=O) groups is 2. The second-order valence-corrected chi connectivity index (χ2v) is 4.73. The molecular formula is C15H15FN2O3. The van der Waals surface area contributed by atoms with Crippen LogP contribution < -0.4 is 5.32 Å². The highest BCUT2D eigenvalue weighted by atomic mass is 19.1. The van der Waals surface area contributed by atoms with Gasteiger partial charge in [-0.05, 0) is 37.6 Å². The molecule has 0 radical (unpaired) electrons. The fourth-order valence-corrected chi connectivity index (χ4v) is 2.06. The van der Waals surface area contributed by atoms with Gasteiger partial charge >= 0.3 is 5.97 Å². The van der Waals surface area contributed by atoms with Crippen molar-refractivity contribution in [3.8, 4) is 0 Å². The Hall–Kier alpha value is -2.50. The normalized spacial score (nSPS) is 10.6. The smallest absolute Gasteiger partial charge is 0.303 e. The molecule has 0 aliphatic carbocycles. The molecule has 0 spiro atoms. The number of aliphatic carboxylic acids is 1. The third-order valence-electron chi connectivity index (χ3n) is 3.00. The van der Waals surface area contributed by atoms with Gasteiger partial charge in [-0.15, -0.1) is 0 Å². The van der Waals surface area contributed by atoms with Gasteiger partial charge in [0.2, 0.25) is 0 Å². The van der Waals surface area contributed by atoms with Crippen LogP contribution >= 0.6 is 0 Å². The lowest BCUT2D eigenvalue weighted by Crippen LogP contribution is -2.25. The van der Waals surface area contributed by atoms with E-state index in [0.29, 0.717) is 28.6 Å². The molecule has 1 amide bonds. The summed E-state index contributed by atoms with van der Waals surface area (Å²) in [7, 11) is 0. The van der Waals surface area contributed by atoms with Crippen molar-refractivity contribution in [2.75, 3.05) is 6.54 Å². The fraction of sp³-hybridized carbons (Fsp3) is 0.267. The van der Waals surface area contributed by atoms with Crippen molar-refractivity contribution in [2.45, 2.75) is 19.8 Å². The van der Waals surface area contributed by atoms with Crippen LogP contribution in [0.3, 0.4) is 0 Å². The molecule has 0 aliphatic rings. The fourth-order valence-electron chi connectivity index (χ4n) is 2.06. The molecule has 2 aromatic rings. The second kappa shape index (κ2) is 6.30. The number of benzene rings is 1. The van der Waals surface area contributed by atoms with Crippen LogP contribution in [0.1, 0.15) is 28.9 Å². The molecule has 2 N–H and O–H groups in total. The molecule has 5 nitrogen and oxygen atoms in total. The zero-order valence-corrected chi connectivity index (χ0v) is 11.5. The van der Waals surface area contributed by atoms with E-state index in [1.807, 2.05) is 0 Å². The monoisotopic (exact) mass is 290 g/mol. The van der Waals surface area contributed by atoms with E-state index in [4.69, 9.17) is 5.11 Å². The van der Waals surface area contributed by atoms with Gasteiger partial charge < -0.3 is 10.4 Å². The summed E-state index contributed by atoms with van der Waals surface area (Å²) in [6.45, 7) is 2.01. The van der Waals surface area contributed by atoms with Gasteiger partial charge in [-0.25, -0.2) is 4.39 Å². The van der Waals surface area contributed by atoms with Crippen LogP contribution in [0.5, 0.6) is 0 Å². The Morgan fingerprint density at radius 2 is 2.10 bits per heavy atom. The van der Waals surface area contributed by atoms with Gasteiger partial charge in [0.15, 0.2) is 0 Å². The summed E-state index contributed by atoms with van der Waals surface area (Å²) in [5, 5.41) is 11.6. The molecule has 0 saturated heterocycles. The van der Waals surface area contributed by atoms with Crippen molar-refractivity contribution in [1.82, 2.24) is 10.3 Å². The lowest BCUT2D eigenvalue weighted by atomic mass is 10.1. The topological polar surface area (TPSA) is 79.3 Å². The Kier molecular flexibility index (Phi) is 4.47. The number of amides is 1. The molecule has 1 aromatic carbocycles. The number of fused-ring (bicyclic) bond motifs is 1.